The van der Waals surface area contributed by atoms with Crippen molar-refractivity contribution in [2.45, 2.75) is 18.9 Å². The van der Waals surface area contributed by atoms with E-state index in [1.807, 2.05) is 4.90 Å². The molecule has 2 heterocycles. The molecule has 1 atom stereocenters. The molecule has 0 spiro atoms. The highest BCUT2D eigenvalue weighted by Crippen LogP contribution is 2.40. The van der Waals surface area contributed by atoms with E-state index in [2.05, 4.69) is 0 Å². The number of thioether (sulfide) groups is 1. The Hall–Kier alpha value is -1.66. The molecular weight excluding hydrogens is 315 g/mol. The van der Waals surface area contributed by atoms with Gasteiger partial charge in [0.25, 0.3) is 0 Å². The highest BCUT2D eigenvalue weighted by molar-refractivity contribution is 8.17. The molecule has 1 aromatic carbocycles. The molecule has 23 heavy (non-hydrogen) atoms. The Labute approximate surface area is 139 Å². The lowest BCUT2D eigenvalue weighted by Gasteiger charge is -2.35. The molecule has 0 fully saturated rings. The fourth-order valence-electron chi connectivity index (χ4n) is 3.11. The SMILES string of the molecule is CN(C)C(=O)C(c1ccccc1F)N1CCC2=C(CC(=O)S2)C1. The number of hydrogen-bond acceptors (Lipinski definition) is 4. The van der Waals surface area contributed by atoms with Crippen molar-refractivity contribution in [2.24, 2.45) is 0 Å². The summed E-state index contributed by atoms with van der Waals surface area (Å²) in [5, 5.41) is 0.165. The minimum atomic E-state index is -0.652. The third-order valence-corrected chi connectivity index (χ3v) is 5.36. The molecule has 122 valence electrons. The van der Waals surface area contributed by atoms with Crippen LogP contribution < -0.4 is 0 Å². The maximum atomic E-state index is 14.3. The Kier molecular flexibility index (Phi) is 4.55. The summed E-state index contributed by atoms with van der Waals surface area (Å²) in [6.07, 6.45) is 1.19. The monoisotopic (exact) mass is 334 g/mol. The molecule has 2 aliphatic rings. The summed E-state index contributed by atoms with van der Waals surface area (Å²) in [5.74, 6) is -0.513. The van der Waals surface area contributed by atoms with Gasteiger partial charge in [-0.3, -0.25) is 14.5 Å². The first kappa shape index (κ1) is 16.2. The van der Waals surface area contributed by atoms with Crippen LogP contribution in [0.15, 0.2) is 34.7 Å². The van der Waals surface area contributed by atoms with E-state index in [4.69, 9.17) is 0 Å². The zero-order valence-electron chi connectivity index (χ0n) is 13.2. The van der Waals surface area contributed by atoms with Gasteiger partial charge in [0.05, 0.1) is 0 Å². The van der Waals surface area contributed by atoms with Gasteiger partial charge >= 0.3 is 0 Å². The van der Waals surface area contributed by atoms with E-state index in [1.54, 1.807) is 32.3 Å². The number of hydrogen-bond donors (Lipinski definition) is 0. The van der Waals surface area contributed by atoms with Gasteiger partial charge in [0, 0.05) is 39.2 Å². The van der Waals surface area contributed by atoms with Crippen LogP contribution in [0, 0.1) is 5.82 Å². The zero-order chi connectivity index (χ0) is 16.6. The predicted octanol–water partition coefficient (Wildman–Crippen LogP) is 2.58. The Morgan fingerprint density at radius 1 is 1.35 bits per heavy atom. The largest absolute Gasteiger partial charge is 0.347 e. The number of halogens is 1. The second-order valence-corrected chi connectivity index (χ2v) is 7.21. The highest BCUT2D eigenvalue weighted by Gasteiger charge is 2.36. The van der Waals surface area contributed by atoms with E-state index in [1.165, 1.54) is 22.7 Å². The first-order chi connectivity index (χ1) is 11.0. The van der Waals surface area contributed by atoms with E-state index in [9.17, 15) is 14.0 Å². The summed E-state index contributed by atoms with van der Waals surface area (Å²) in [5.41, 5.74) is 1.48. The molecule has 6 heteroatoms. The quantitative estimate of drug-likeness (QED) is 0.852. The van der Waals surface area contributed by atoms with Gasteiger partial charge in [-0.25, -0.2) is 4.39 Å². The van der Waals surface area contributed by atoms with Gasteiger partial charge in [-0.05, 0) is 23.0 Å². The van der Waals surface area contributed by atoms with Crippen molar-refractivity contribution in [3.05, 3.63) is 46.1 Å². The Bertz CT molecular complexity index is 687. The molecule has 0 saturated carbocycles. The summed E-state index contributed by atoms with van der Waals surface area (Å²) in [6.45, 7) is 1.20. The van der Waals surface area contributed by atoms with E-state index < -0.39 is 6.04 Å². The fourth-order valence-corrected chi connectivity index (χ4v) is 4.10. The van der Waals surface area contributed by atoms with Crippen LogP contribution in [-0.2, 0) is 9.59 Å². The van der Waals surface area contributed by atoms with Crippen molar-refractivity contribution in [1.29, 1.82) is 0 Å². The van der Waals surface area contributed by atoms with Crippen molar-refractivity contribution < 1.29 is 14.0 Å². The highest BCUT2D eigenvalue weighted by atomic mass is 32.2. The van der Waals surface area contributed by atoms with Crippen LogP contribution in [0.3, 0.4) is 0 Å². The van der Waals surface area contributed by atoms with E-state index in [0.717, 1.165) is 16.9 Å². The molecule has 0 aromatic heterocycles. The first-order valence-corrected chi connectivity index (χ1v) is 8.40. The van der Waals surface area contributed by atoms with Crippen LogP contribution >= 0.6 is 11.8 Å². The molecule has 4 nitrogen and oxygen atoms in total. The maximum absolute atomic E-state index is 14.3. The van der Waals surface area contributed by atoms with Gasteiger partial charge in [-0.15, -0.1) is 0 Å². The summed E-state index contributed by atoms with van der Waals surface area (Å²) in [4.78, 5) is 28.9. The van der Waals surface area contributed by atoms with Crippen molar-refractivity contribution in [2.75, 3.05) is 27.2 Å². The minimum absolute atomic E-state index is 0.142. The van der Waals surface area contributed by atoms with Gasteiger partial charge < -0.3 is 4.90 Å². The van der Waals surface area contributed by atoms with Crippen LogP contribution in [-0.4, -0.2) is 48.0 Å². The van der Waals surface area contributed by atoms with E-state index >= 15 is 0 Å². The van der Waals surface area contributed by atoms with Crippen LogP contribution in [0.1, 0.15) is 24.4 Å². The molecule has 0 bridgehead atoms. The maximum Gasteiger partial charge on any atom is 0.244 e. The molecule has 3 rings (SSSR count). The number of carbonyl (C=O) groups is 2. The van der Waals surface area contributed by atoms with Crippen molar-refractivity contribution in [1.82, 2.24) is 9.80 Å². The first-order valence-electron chi connectivity index (χ1n) is 7.58. The summed E-state index contributed by atoms with van der Waals surface area (Å²) in [7, 11) is 3.36. The topological polar surface area (TPSA) is 40.6 Å². The third kappa shape index (κ3) is 3.19. The number of benzene rings is 1. The Morgan fingerprint density at radius 3 is 2.78 bits per heavy atom. The standard InChI is InChI=1S/C17H19FN2O2S/c1-19(2)17(22)16(12-5-3-4-6-13(12)18)20-8-7-14-11(10-20)9-15(21)23-14/h3-6,16H,7-10H2,1-2H3. The zero-order valence-corrected chi connectivity index (χ0v) is 14.0. The second kappa shape index (κ2) is 6.45. The van der Waals surface area contributed by atoms with Crippen LogP contribution in [0.25, 0.3) is 0 Å². The van der Waals surface area contributed by atoms with Gasteiger partial charge in [0.2, 0.25) is 5.91 Å². The summed E-state index contributed by atoms with van der Waals surface area (Å²) >= 11 is 1.32. The summed E-state index contributed by atoms with van der Waals surface area (Å²) in [6, 6.07) is 5.77. The smallest absolute Gasteiger partial charge is 0.244 e. The van der Waals surface area contributed by atoms with Crippen molar-refractivity contribution in [3.8, 4) is 0 Å². The molecule has 0 N–H and O–H groups in total. The van der Waals surface area contributed by atoms with Gasteiger partial charge in [-0.1, -0.05) is 30.0 Å². The lowest BCUT2D eigenvalue weighted by atomic mass is 9.99. The average Bonchev–Trinajstić information content (AvgIpc) is 2.88. The molecule has 0 saturated heterocycles. The van der Waals surface area contributed by atoms with Gasteiger partial charge in [0.1, 0.15) is 11.9 Å². The van der Waals surface area contributed by atoms with Crippen molar-refractivity contribution in [3.63, 3.8) is 0 Å². The number of likely N-dealkylation sites (N-methyl/N-ethyl adjacent to an activating group) is 1. The Balaban J connectivity index is 1.92. The number of nitrogens with zero attached hydrogens (tertiary/aromatic N) is 2. The normalized spacial score (nSPS) is 19.7. The third-order valence-electron chi connectivity index (χ3n) is 4.25. The molecule has 2 aliphatic heterocycles. The molecule has 1 aromatic rings. The minimum Gasteiger partial charge on any atom is -0.347 e. The van der Waals surface area contributed by atoms with E-state index in [-0.39, 0.29) is 16.8 Å². The molecule has 0 radical (unpaired) electrons. The molecule has 1 unspecified atom stereocenters. The number of amides is 1. The second-order valence-electron chi connectivity index (χ2n) is 6.05. The molecule has 0 aliphatic carbocycles. The Morgan fingerprint density at radius 2 is 2.09 bits per heavy atom. The van der Waals surface area contributed by atoms with Crippen molar-refractivity contribution >= 4 is 22.8 Å². The molecular formula is C17H19FN2O2S. The van der Waals surface area contributed by atoms with Gasteiger partial charge in [-0.2, -0.15) is 0 Å². The average molecular weight is 334 g/mol. The van der Waals surface area contributed by atoms with E-state index in [0.29, 0.717) is 25.1 Å². The predicted molar refractivity (Wildman–Crippen MR) is 88.3 cm³/mol. The molecule has 1 amide bonds. The number of carbonyl (C=O) groups excluding carboxylic acids is 2. The number of rotatable bonds is 3. The lowest BCUT2D eigenvalue weighted by Crippen LogP contribution is -2.43. The van der Waals surface area contributed by atoms with Gasteiger partial charge in [0.15, 0.2) is 5.12 Å². The summed E-state index contributed by atoms with van der Waals surface area (Å²) < 4.78 is 14.3. The van der Waals surface area contributed by atoms with Crippen LogP contribution in [0.5, 0.6) is 0 Å². The fraction of sp³-hybridized carbons (Fsp3) is 0.412. The van der Waals surface area contributed by atoms with Crippen LogP contribution in [0.2, 0.25) is 0 Å². The van der Waals surface area contributed by atoms with Crippen LogP contribution in [0.4, 0.5) is 4.39 Å². The lowest BCUT2D eigenvalue weighted by molar-refractivity contribution is -0.134.